The van der Waals surface area contributed by atoms with Crippen LogP contribution >= 0.6 is 11.3 Å². The Hall–Kier alpha value is -3.63. The van der Waals surface area contributed by atoms with Gasteiger partial charge in [0, 0.05) is 35.5 Å². The molecule has 2 aromatic heterocycles. The molecule has 0 saturated carbocycles. The van der Waals surface area contributed by atoms with Crippen LogP contribution < -0.4 is 4.74 Å². The van der Waals surface area contributed by atoms with Crippen LogP contribution in [-0.4, -0.2) is 64.3 Å². The van der Waals surface area contributed by atoms with Crippen molar-refractivity contribution in [3.05, 3.63) is 71.6 Å². The molecule has 2 aliphatic rings. The molecule has 0 N–H and O–H groups in total. The molecular formula is C27H25F2N5O2S. The fourth-order valence-electron chi connectivity index (χ4n) is 5.37. The van der Waals surface area contributed by atoms with Crippen LogP contribution in [0.1, 0.15) is 23.6 Å². The Labute approximate surface area is 216 Å². The van der Waals surface area contributed by atoms with Gasteiger partial charge in [0.15, 0.2) is 11.6 Å². The van der Waals surface area contributed by atoms with Crippen molar-refractivity contribution in [2.45, 2.75) is 24.9 Å². The zero-order chi connectivity index (χ0) is 25.7. The highest BCUT2D eigenvalue weighted by Gasteiger charge is 2.36. The summed E-state index contributed by atoms with van der Waals surface area (Å²) in [6.07, 6.45) is 3.92. The molecule has 1 amide bonds. The van der Waals surface area contributed by atoms with Crippen molar-refractivity contribution < 1.29 is 18.3 Å². The molecule has 2 aromatic carbocycles. The summed E-state index contributed by atoms with van der Waals surface area (Å²) in [7, 11) is 4.09. The first-order valence-corrected chi connectivity index (χ1v) is 12.9. The van der Waals surface area contributed by atoms with Gasteiger partial charge in [0.1, 0.15) is 23.6 Å². The maximum atomic E-state index is 14.6. The second-order valence-electron chi connectivity index (χ2n) is 9.52. The summed E-state index contributed by atoms with van der Waals surface area (Å²) < 4.78 is 35.5. The van der Waals surface area contributed by atoms with Crippen molar-refractivity contribution in [3.8, 4) is 32.6 Å². The van der Waals surface area contributed by atoms with Gasteiger partial charge in [0.2, 0.25) is 6.41 Å². The summed E-state index contributed by atoms with van der Waals surface area (Å²) in [6.45, 7) is 1.24. The molecule has 1 unspecified atom stereocenters. The van der Waals surface area contributed by atoms with Crippen LogP contribution in [0, 0.1) is 11.6 Å². The lowest BCUT2D eigenvalue weighted by atomic mass is 9.96. The third-order valence-corrected chi connectivity index (χ3v) is 8.34. The lowest BCUT2D eigenvalue weighted by Gasteiger charge is -2.30. The molecule has 1 saturated heterocycles. The van der Waals surface area contributed by atoms with Gasteiger partial charge >= 0.3 is 0 Å². The van der Waals surface area contributed by atoms with Crippen LogP contribution in [0.4, 0.5) is 8.78 Å². The molecule has 2 aliphatic heterocycles. The standard InChI is InChI=1S/C27H25F2N5O2S/c1-32(2)22-7-9-33(15-35)25(22)16-3-6-23-19(11-16)26-17(8-10-36-23)12-24(37-26)27-30-14-31-34(27)21-5-4-18(28)13-20(21)29/h3-6,11-15,22,25H,7-10H2,1-2H3/t22?,25-/m1/s1. The number of thiophene rings is 1. The topological polar surface area (TPSA) is 63.5 Å². The fraction of sp³-hybridized carbons (Fsp3) is 0.296. The predicted octanol–water partition coefficient (Wildman–Crippen LogP) is 4.71. The summed E-state index contributed by atoms with van der Waals surface area (Å²) in [4.78, 5) is 22.2. The Kier molecular flexibility index (Phi) is 6.00. The van der Waals surface area contributed by atoms with E-state index >= 15 is 0 Å². The van der Waals surface area contributed by atoms with E-state index in [0.717, 1.165) is 51.1 Å². The minimum absolute atomic E-state index is 0.0477. The molecule has 0 aliphatic carbocycles. The molecule has 190 valence electrons. The number of benzene rings is 2. The van der Waals surface area contributed by atoms with Crippen LogP contribution in [0.25, 0.3) is 26.8 Å². The smallest absolute Gasteiger partial charge is 0.210 e. The molecule has 4 aromatic rings. The number of likely N-dealkylation sites (tertiary alicyclic amines) is 1. The van der Waals surface area contributed by atoms with Crippen molar-refractivity contribution in [2.75, 3.05) is 27.2 Å². The van der Waals surface area contributed by atoms with Crippen molar-refractivity contribution in [1.29, 1.82) is 0 Å². The second-order valence-corrected chi connectivity index (χ2v) is 10.6. The number of nitrogens with zero attached hydrogens (tertiary/aromatic N) is 5. The first-order chi connectivity index (χ1) is 17.9. The Morgan fingerprint density at radius 2 is 2.03 bits per heavy atom. The van der Waals surface area contributed by atoms with Gasteiger partial charge in [0.05, 0.1) is 17.5 Å². The molecule has 6 rings (SSSR count). The summed E-state index contributed by atoms with van der Waals surface area (Å²) in [6, 6.07) is 11.8. The van der Waals surface area contributed by atoms with Crippen LogP contribution in [0.3, 0.4) is 0 Å². The summed E-state index contributed by atoms with van der Waals surface area (Å²) in [5.41, 5.74) is 3.27. The second kappa shape index (κ2) is 9.35. The average Bonchev–Trinajstić information content (AvgIpc) is 3.60. The third kappa shape index (κ3) is 4.10. The number of aromatic nitrogens is 3. The highest BCUT2D eigenvalue weighted by Crippen LogP contribution is 2.46. The van der Waals surface area contributed by atoms with Crippen LogP contribution in [-0.2, 0) is 11.2 Å². The van der Waals surface area contributed by atoms with Crippen LogP contribution in [0.15, 0.2) is 48.8 Å². The Bertz CT molecular complexity index is 1480. The normalized spacial score (nSPS) is 18.9. The number of ether oxygens (including phenoxy) is 1. The minimum Gasteiger partial charge on any atom is -0.493 e. The van der Waals surface area contributed by atoms with Crippen molar-refractivity contribution in [3.63, 3.8) is 0 Å². The summed E-state index contributed by atoms with van der Waals surface area (Å²) in [5, 5.41) is 4.21. The number of halogens is 2. The number of hydrogen-bond donors (Lipinski definition) is 0. The van der Waals surface area contributed by atoms with E-state index in [9.17, 15) is 13.6 Å². The van der Waals surface area contributed by atoms with Crippen LogP contribution in [0.5, 0.6) is 5.75 Å². The van der Waals surface area contributed by atoms with Gasteiger partial charge in [-0.3, -0.25) is 4.79 Å². The number of amides is 1. The lowest BCUT2D eigenvalue weighted by molar-refractivity contribution is -0.119. The Balaban J connectivity index is 1.44. The van der Waals surface area contributed by atoms with Gasteiger partial charge in [0.25, 0.3) is 0 Å². The molecule has 37 heavy (non-hydrogen) atoms. The van der Waals surface area contributed by atoms with E-state index in [1.807, 2.05) is 31.1 Å². The van der Waals surface area contributed by atoms with Gasteiger partial charge in [-0.15, -0.1) is 11.3 Å². The SMILES string of the molecule is CN(C)C1CCN(C=O)[C@@H]1c1ccc2c(c1)-c1sc(-c3ncnn3-c3ccc(F)cc3F)cc1CCO2. The maximum absolute atomic E-state index is 14.6. The molecule has 7 nitrogen and oxygen atoms in total. The molecule has 4 heterocycles. The third-order valence-electron chi connectivity index (χ3n) is 7.14. The molecule has 1 fully saturated rings. The van der Waals surface area contributed by atoms with Crippen molar-refractivity contribution >= 4 is 17.7 Å². The van der Waals surface area contributed by atoms with Gasteiger partial charge in [-0.2, -0.15) is 5.10 Å². The quantitative estimate of drug-likeness (QED) is 0.356. The van der Waals surface area contributed by atoms with Gasteiger partial charge < -0.3 is 14.5 Å². The molecule has 0 bridgehead atoms. The molecule has 0 radical (unpaired) electrons. The number of rotatable bonds is 5. The van der Waals surface area contributed by atoms with Gasteiger partial charge in [-0.1, -0.05) is 6.07 Å². The highest BCUT2D eigenvalue weighted by molar-refractivity contribution is 7.19. The first kappa shape index (κ1) is 23.7. The van der Waals surface area contributed by atoms with E-state index in [4.69, 9.17) is 4.74 Å². The zero-order valence-corrected chi connectivity index (χ0v) is 21.2. The number of carbonyl (C=O) groups excluding carboxylic acids is 1. The largest absolute Gasteiger partial charge is 0.493 e. The first-order valence-electron chi connectivity index (χ1n) is 12.1. The summed E-state index contributed by atoms with van der Waals surface area (Å²) in [5.74, 6) is -0.0816. The van der Waals surface area contributed by atoms with E-state index in [1.165, 1.54) is 34.5 Å². The lowest BCUT2D eigenvalue weighted by Crippen LogP contribution is -2.35. The monoisotopic (exact) mass is 521 g/mol. The molecule has 10 heteroatoms. The molecular weight excluding hydrogens is 496 g/mol. The van der Waals surface area contributed by atoms with E-state index in [1.54, 1.807) is 0 Å². The fourth-order valence-corrected chi connectivity index (χ4v) is 6.58. The molecule has 2 atom stereocenters. The van der Waals surface area contributed by atoms with E-state index in [2.05, 4.69) is 27.1 Å². The Morgan fingerprint density at radius 1 is 1.16 bits per heavy atom. The minimum atomic E-state index is -0.708. The number of hydrogen-bond acceptors (Lipinski definition) is 6. The average molecular weight is 522 g/mol. The number of fused-ring (bicyclic) bond motifs is 3. The molecule has 0 spiro atoms. The van der Waals surface area contributed by atoms with Gasteiger partial charge in [-0.05, 0) is 62.0 Å². The van der Waals surface area contributed by atoms with E-state index < -0.39 is 11.6 Å². The van der Waals surface area contributed by atoms with E-state index in [-0.39, 0.29) is 17.8 Å². The van der Waals surface area contributed by atoms with Crippen molar-refractivity contribution in [2.24, 2.45) is 0 Å². The number of carbonyl (C=O) groups is 1. The predicted molar refractivity (Wildman–Crippen MR) is 137 cm³/mol. The van der Waals surface area contributed by atoms with Gasteiger partial charge in [-0.25, -0.2) is 18.4 Å². The Morgan fingerprint density at radius 3 is 2.81 bits per heavy atom. The summed E-state index contributed by atoms with van der Waals surface area (Å²) >= 11 is 1.54. The maximum Gasteiger partial charge on any atom is 0.210 e. The zero-order valence-electron chi connectivity index (χ0n) is 20.4. The highest BCUT2D eigenvalue weighted by atomic mass is 32.1. The van der Waals surface area contributed by atoms with Crippen molar-refractivity contribution in [1.82, 2.24) is 24.6 Å². The van der Waals surface area contributed by atoms with Crippen LogP contribution in [0.2, 0.25) is 0 Å². The van der Waals surface area contributed by atoms with E-state index in [0.29, 0.717) is 25.4 Å². The number of likely N-dealkylation sites (N-methyl/N-ethyl adjacent to an activating group) is 1.